The molecule has 0 saturated heterocycles. The van der Waals surface area contributed by atoms with Crippen LogP contribution in [0, 0.1) is 0 Å². The number of nitrogens with one attached hydrogen (secondary N) is 2. The van der Waals surface area contributed by atoms with Crippen LogP contribution in [0.4, 0.5) is 5.69 Å². The molecule has 0 bridgehead atoms. The van der Waals surface area contributed by atoms with Crippen molar-refractivity contribution in [3.63, 3.8) is 0 Å². The van der Waals surface area contributed by atoms with Crippen LogP contribution in [0.5, 0.6) is 0 Å². The van der Waals surface area contributed by atoms with Crippen LogP contribution in [0.1, 0.15) is 52.8 Å². The number of rotatable bonds is 4. The van der Waals surface area contributed by atoms with Gasteiger partial charge in [0.15, 0.2) is 5.11 Å². The predicted octanol–water partition coefficient (Wildman–Crippen LogP) is 5.61. The van der Waals surface area contributed by atoms with Gasteiger partial charge in [-0.3, -0.25) is 10.1 Å². The Balaban J connectivity index is 1.54. The van der Waals surface area contributed by atoms with E-state index >= 15 is 0 Å². The van der Waals surface area contributed by atoms with Crippen molar-refractivity contribution < 1.29 is 14.3 Å². The largest absolute Gasteiger partial charge is 0.459 e. The van der Waals surface area contributed by atoms with Crippen molar-refractivity contribution in [2.75, 3.05) is 5.32 Å². The maximum atomic E-state index is 12.3. The summed E-state index contributed by atoms with van der Waals surface area (Å²) in [4.78, 5) is 24.6. The minimum absolute atomic E-state index is 0.00940. The normalized spacial score (nSPS) is 14.1. The van der Waals surface area contributed by atoms with Gasteiger partial charge in [-0.25, -0.2) is 4.79 Å². The van der Waals surface area contributed by atoms with Gasteiger partial charge in [-0.1, -0.05) is 35.7 Å². The van der Waals surface area contributed by atoms with Crippen LogP contribution >= 0.6 is 35.4 Å². The molecule has 3 rings (SSSR count). The van der Waals surface area contributed by atoms with Crippen LogP contribution < -0.4 is 10.6 Å². The molecule has 0 aromatic heterocycles. The molecule has 8 heteroatoms. The van der Waals surface area contributed by atoms with Gasteiger partial charge in [0.1, 0.15) is 6.10 Å². The fourth-order valence-corrected chi connectivity index (χ4v) is 3.70. The summed E-state index contributed by atoms with van der Waals surface area (Å²) < 4.78 is 5.56. The number of benzene rings is 2. The summed E-state index contributed by atoms with van der Waals surface area (Å²) in [5.41, 5.74) is 1.33. The van der Waals surface area contributed by atoms with E-state index in [0.717, 1.165) is 25.7 Å². The SMILES string of the molecule is O=C(OC1CCCCC1)c1ccc(NC(=S)NC(=O)c2cccc(Cl)c2Cl)cc1. The van der Waals surface area contributed by atoms with E-state index in [4.69, 9.17) is 40.2 Å². The fourth-order valence-electron chi connectivity index (χ4n) is 3.10. The first kappa shape index (κ1) is 21.6. The Morgan fingerprint density at radius 2 is 1.69 bits per heavy atom. The zero-order valence-electron chi connectivity index (χ0n) is 15.5. The van der Waals surface area contributed by atoms with Gasteiger partial charge in [-0.15, -0.1) is 0 Å². The van der Waals surface area contributed by atoms with Crippen molar-refractivity contribution in [3.8, 4) is 0 Å². The van der Waals surface area contributed by atoms with E-state index in [9.17, 15) is 9.59 Å². The molecule has 152 valence electrons. The minimum atomic E-state index is -0.470. The quantitative estimate of drug-likeness (QED) is 0.467. The molecule has 1 saturated carbocycles. The standard InChI is InChI=1S/C21H20Cl2N2O3S/c22-17-8-4-7-16(18(17)23)19(26)25-21(29)24-14-11-9-13(10-12-14)20(27)28-15-5-2-1-3-6-15/h4,7-12,15H,1-3,5-6H2,(H2,24,25,26,29). The first-order valence-electron chi connectivity index (χ1n) is 9.31. The highest BCUT2D eigenvalue weighted by molar-refractivity contribution is 7.80. The molecule has 1 aliphatic rings. The number of amides is 1. The molecule has 2 aromatic carbocycles. The summed E-state index contributed by atoms with van der Waals surface area (Å²) in [5, 5.41) is 6.00. The summed E-state index contributed by atoms with van der Waals surface area (Å²) in [6.45, 7) is 0. The van der Waals surface area contributed by atoms with E-state index in [1.165, 1.54) is 6.42 Å². The van der Waals surface area contributed by atoms with Crippen molar-refractivity contribution in [1.29, 1.82) is 0 Å². The molecule has 0 unspecified atom stereocenters. The molecule has 0 heterocycles. The van der Waals surface area contributed by atoms with Gasteiger partial charge in [-0.05, 0) is 74.3 Å². The fraction of sp³-hybridized carbons (Fsp3) is 0.286. The number of ether oxygens (including phenoxy) is 1. The Morgan fingerprint density at radius 3 is 2.38 bits per heavy atom. The summed E-state index contributed by atoms with van der Waals surface area (Å²) in [5.74, 6) is -0.794. The maximum Gasteiger partial charge on any atom is 0.338 e. The number of anilines is 1. The van der Waals surface area contributed by atoms with Crippen molar-refractivity contribution >= 4 is 58.1 Å². The van der Waals surface area contributed by atoms with Gasteiger partial charge in [0, 0.05) is 5.69 Å². The lowest BCUT2D eigenvalue weighted by atomic mass is 9.98. The number of halogens is 2. The number of hydrogen-bond acceptors (Lipinski definition) is 4. The maximum absolute atomic E-state index is 12.3. The second kappa shape index (κ2) is 10.1. The second-order valence-corrected chi connectivity index (χ2v) is 7.95. The number of hydrogen-bond donors (Lipinski definition) is 2. The van der Waals surface area contributed by atoms with Gasteiger partial charge in [-0.2, -0.15) is 0 Å². The van der Waals surface area contributed by atoms with Crippen LogP contribution in [0.15, 0.2) is 42.5 Å². The number of carbonyl (C=O) groups excluding carboxylic acids is 2. The van der Waals surface area contributed by atoms with Crippen molar-refractivity contribution in [3.05, 3.63) is 63.6 Å². The highest BCUT2D eigenvalue weighted by Crippen LogP contribution is 2.25. The Labute approximate surface area is 184 Å². The Kier molecular flexibility index (Phi) is 7.47. The lowest BCUT2D eigenvalue weighted by Gasteiger charge is -2.21. The van der Waals surface area contributed by atoms with E-state index in [2.05, 4.69) is 10.6 Å². The zero-order chi connectivity index (χ0) is 20.8. The third kappa shape index (κ3) is 5.92. The van der Waals surface area contributed by atoms with E-state index in [0.29, 0.717) is 11.3 Å². The van der Waals surface area contributed by atoms with Crippen LogP contribution in [-0.2, 0) is 4.74 Å². The molecule has 1 aliphatic carbocycles. The molecule has 2 N–H and O–H groups in total. The molecule has 0 atom stereocenters. The van der Waals surface area contributed by atoms with Crippen LogP contribution in [0.2, 0.25) is 10.0 Å². The average Bonchev–Trinajstić information content (AvgIpc) is 2.71. The van der Waals surface area contributed by atoms with E-state index in [1.54, 1.807) is 42.5 Å². The molecule has 1 fully saturated rings. The molecule has 0 spiro atoms. The third-order valence-electron chi connectivity index (χ3n) is 4.63. The Hall–Kier alpha value is -2.15. The summed E-state index contributed by atoms with van der Waals surface area (Å²) in [7, 11) is 0. The monoisotopic (exact) mass is 450 g/mol. The summed E-state index contributed by atoms with van der Waals surface area (Å²) >= 11 is 17.1. The van der Waals surface area contributed by atoms with Crippen molar-refractivity contribution in [1.82, 2.24) is 5.32 Å². The molecule has 5 nitrogen and oxygen atoms in total. The number of carbonyl (C=O) groups is 2. The summed E-state index contributed by atoms with van der Waals surface area (Å²) in [6, 6.07) is 11.5. The second-order valence-electron chi connectivity index (χ2n) is 6.75. The highest BCUT2D eigenvalue weighted by atomic mass is 35.5. The van der Waals surface area contributed by atoms with Gasteiger partial charge in [0.25, 0.3) is 5.91 Å². The van der Waals surface area contributed by atoms with Gasteiger partial charge in [0.05, 0.1) is 21.2 Å². The number of esters is 1. The molecule has 29 heavy (non-hydrogen) atoms. The van der Waals surface area contributed by atoms with Gasteiger partial charge in [0.2, 0.25) is 0 Å². The Bertz CT molecular complexity index is 913. The minimum Gasteiger partial charge on any atom is -0.459 e. The molecule has 1 amide bonds. The van der Waals surface area contributed by atoms with Crippen LogP contribution in [0.25, 0.3) is 0 Å². The lowest BCUT2D eigenvalue weighted by Crippen LogP contribution is -2.34. The highest BCUT2D eigenvalue weighted by Gasteiger charge is 2.19. The van der Waals surface area contributed by atoms with Crippen molar-refractivity contribution in [2.24, 2.45) is 0 Å². The molecule has 0 radical (unpaired) electrons. The Morgan fingerprint density at radius 1 is 1.00 bits per heavy atom. The van der Waals surface area contributed by atoms with E-state index < -0.39 is 5.91 Å². The summed E-state index contributed by atoms with van der Waals surface area (Å²) in [6.07, 6.45) is 5.27. The lowest BCUT2D eigenvalue weighted by molar-refractivity contribution is 0.0211. The first-order valence-corrected chi connectivity index (χ1v) is 10.5. The van der Waals surface area contributed by atoms with Gasteiger partial charge < -0.3 is 10.1 Å². The average molecular weight is 451 g/mol. The van der Waals surface area contributed by atoms with Gasteiger partial charge >= 0.3 is 5.97 Å². The third-order valence-corrected chi connectivity index (χ3v) is 5.65. The zero-order valence-corrected chi connectivity index (χ0v) is 17.9. The van der Waals surface area contributed by atoms with E-state index in [-0.39, 0.29) is 32.8 Å². The molecule has 2 aromatic rings. The predicted molar refractivity (Wildman–Crippen MR) is 119 cm³/mol. The molecular formula is C21H20Cl2N2O3S. The van der Waals surface area contributed by atoms with Crippen molar-refractivity contribution in [2.45, 2.75) is 38.2 Å². The molecule has 0 aliphatic heterocycles. The van der Waals surface area contributed by atoms with Crippen LogP contribution in [0.3, 0.4) is 0 Å². The van der Waals surface area contributed by atoms with E-state index in [1.807, 2.05) is 0 Å². The molecular weight excluding hydrogens is 431 g/mol. The topological polar surface area (TPSA) is 67.4 Å². The smallest absolute Gasteiger partial charge is 0.338 e. The first-order chi connectivity index (χ1) is 13.9. The van der Waals surface area contributed by atoms with Crippen LogP contribution in [-0.4, -0.2) is 23.1 Å². The number of thiocarbonyl (C=S) groups is 1.